The van der Waals surface area contributed by atoms with Crippen molar-refractivity contribution in [3.05, 3.63) is 28.5 Å². The minimum Gasteiger partial charge on any atom is -0.479 e. The second kappa shape index (κ2) is 5.66. The number of aliphatic carboxylic acids is 1. The topological polar surface area (TPSA) is 75.6 Å². The Bertz CT molecular complexity index is 522. The third-order valence-corrected chi connectivity index (χ3v) is 3.47. The summed E-state index contributed by atoms with van der Waals surface area (Å²) in [6.07, 6.45) is -1.16. The van der Waals surface area contributed by atoms with Crippen LogP contribution in [0, 0.1) is 5.82 Å². The van der Waals surface area contributed by atoms with Crippen LogP contribution in [0.3, 0.4) is 0 Å². The van der Waals surface area contributed by atoms with Crippen molar-refractivity contribution in [2.75, 3.05) is 5.32 Å². The molecule has 1 saturated heterocycles. The average molecular weight is 332 g/mol. The molecule has 0 radical (unpaired) electrons. The molecule has 2 rings (SSSR count). The molecule has 2 atom stereocenters. The number of amides is 1. The standard InChI is InChI=1S/C12H11BrFNO4/c13-7-2-1-6(14)5-8(7)15-11(16)9-3-4-10(19-9)12(17)18/h1-2,5,9-10H,3-4H2,(H,15,16)(H,17,18)/t9-,10+/m0/s1. The maximum absolute atomic E-state index is 13.1. The SMILES string of the molecule is O=C(Nc1cc(F)ccc1Br)[C@@H]1CC[C@H](C(=O)O)O1. The van der Waals surface area contributed by atoms with Crippen LogP contribution in [-0.2, 0) is 14.3 Å². The Morgan fingerprint density at radius 3 is 2.68 bits per heavy atom. The van der Waals surface area contributed by atoms with Crippen LogP contribution in [0.2, 0.25) is 0 Å². The van der Waals surface area contributed by atoms with Crippen molar-refractivity contribution >= 4 is 33.5 Å². The van der Waals surface area contributed by atoms with Gasteiger partial charge in [-0.25, -0.2) is 9.18 Å². The Labute approximate surface area is 116 Å². The maximum Gasteiger partial charge on any atom is 0.332 e. The minimum atomic E-state index is -1.08. The Morgan fingerprint density at radius 1 is 1.37 bits per heavy atom. The molecule has 7 heteroatoms. The second-order valence-electron chi connectivity index (χ2n) is 4.14. The van der Waals surface area contributed by atoms with Crippen molar-refractivity contribution in [1.29, 1.82) is 0 Å². The van der Waals surface area contributed by atoms with Gasteiger partial charge in [-0.1, -0.05) is 0 Å². The number of anilines is 1. The summed E-state index contributed by atoms with van der Waals surface area (Å²) in [7, 11) is 0. The van der Waals surface area contributed by atoms with E-state index in [1.165, 1.54) is 18.2 Å². The van der Waals surface area contributed by atoms with E-state index in [0.717, 1.165) is 0 Å². The second-order valence-corrected chi connectivity index (χ2v) is 5.00. The molecule has 19 heavy (non-hydrogen) atoms. The summed E-state index contributed by atoms with van der Waals surface area (Å²) in [5, 5.41) is 11.3. The van der Waals surface area contributed by atoms with Gasteiger partial charge in [-0.15, -0.1) is 0 Å². The number of nitrogens with one attached hydrogen (secondary N) is 1. The van der Waals surface area contributed by atoms with Crippen LogP contribution < -0.4 is 5.32 Å². The van der Waals surface area contributed by atoms with Gasteiger partial charge >= 0.3 is 5.97 Å². The highest BCUT2D eigenvalue weighted by atomic mass is 79.9. The lowest BCUT2D eigenvalue weighted by molar-refractivity contribution is -0.150. The van der Waals surface area contributed by atoms with Crippen LogP contribution in [0.15, 0.2) is 22.7 Å². The highest BCUT2D eigenvalue weighted by Gasteiger charge is 2.34. The van der Waals surface area contributed by atoms with Crippen LogP contribution in [0.1, 0.15) is 12.8 Å². The highest BCUT2D eigenvalue weighted by molar-refractivity contribution is 9.10. The quantitative estimate of drug-likeness (QED) is 0.889. The first-order valence-electron chi connectivity index (χ1n) is 5.61. The fraction of sp³-hybridized carbons (Fsp3) is 0.333. The van der Waals surface area contributed by atoms with E-state index in [0.29, 0.717) is 10.9 Å². The third-order valence-electron chi connectivity index (χ3n) is 2.77. The van der Waals surface area contributed by atoms with E-state index < -0.39 is 29.9 Å². The Balaban J connectivity index is 2.02. The summed E-state index contributed by atoms with van der Waals surface area (Å²) in [4.78, 5) is 22.6. The molecule has 0 unspecified atom stereocenters. The lowest BCUT2D eigenvalue weighted by Gasteiger charge is -2.12. The minimum absolute atomic E-state index is 0.285. The molecule has 0 saturated carbocycles. The van der Waals surface area contributed by atoms with E-state index in [2.05, 4.69) is 21.2 Å². The van der Waals surface area contributed by atoms with E-state index in [4.69, 9.17) is 9.84 Å². The van der Waals surface area contributed by atoms with Gasteiger partial charge in [-0.3, -0.25) is 4.79 Å². The van der Waals surface area contributed by atoms with E-state index in [1.54, 1.807) is 0 Å². The lowest BCUT2D eigenvalue weighted by atomic mass is 10.2. The van der Waals surface area contributed by atoms with Crippen molar-refractivity contribution < 1.29 is 23.8 Å². The van der Waals surface area contributed by atoms with Crippen molar-refractivity contribution in [3.63, 3.8) is 0 Å². The summed E-state index contributed by atoms with van der Waals surface area (Å²) >= 11 is 3.19. The Kier molecular flexibility index (Phi) is 4.16. The third kappa shape index (κ3) is 3.30. The fourth-order valence-electron chi connectivity index (χ4n) is 1.82. The largest absolute Gasteiger partial charge is 0.479 e. The highest BCUT2D eigenvalue weighted by Crippen LogP contribution is 2.25. The summed E-state index contributed by atoms with van der Waals surface area (Å²) in [5.74, 6) is -2.04. The molecule has 2 N–H and O–H groups in total. The molecular formula is C12H11BrFNO4. The zero-order chi connectivity index (χ0) is 14.0. The van der Waals surface area contributed by atoms with E-state index in [-0.39, 0.29) is 12.1 Å². The predicted molar refractivity (Wildman–Crippen MR) is 68.3 cm³/mol. The number of carboxylic acids is 1. The number of carbonyl (C=O) groups excluding carboxylic acids is 1. The van der Waals surface area contributed by atoms with E-state index >= 15 is 0 Å². The molecule has 0 aromatic heterocycles. The molecule has 1 aromatic rings. The zero-order valence-corrected chi connectivity index (χ0v) is 11.3. The first-order chi connectivity index (χ1) is 8.97. The van der Waals surface area contributed by atoms with Gasteiger partial charge in [-0.05, 0) is 47.0 Å². The van der Waals surface area contributed by atoms with Crippen LogP contribution in [-0.4, -0.2) is 29.2 Å². The molecule has 1 fully saturated rings. The fourth-order valence-corrected chi connectivity index (χ4v) is 2.16. The summed E-state index contributed by atoms with van der Waals surface area (Å²) in [6, 6.07) is 3.90. The van der Waals surface area contributed by atoms with Gasteiger partial charge < -0.3 is 15.2 Å². The molecular weight excluding hydrogens is 321 g/mol. The molecule has 102 valence electrons. The molecule has 0 bridgehead atoms. The van der Waals surface area contributed by atoms with Crippen molar-refractivity contribution in [3.8, 4) is 0 Å². The van der Waals surface area contributed by atoms with Crippen molar-refractivity contribution in [2.45, 2.75) is 25.0 Å². The average Bonchev–Trinajstić information content (AvgIpc) is 2.83. The number of carboxylic acid groups (broad SMARTS) is 1. The van der Waals surface area contributed by atoms with E-state index in [9.17, 15) is 14.0 Å². The monoisotopic (exact) mass is 331 g/mol. The number of halogens is 2. The van der Waals surface area contributed by atoms with Crippen LogP contribution in [0.5, 0.6) is 0 Å². The lowest BCUT2D eigenvalue weighted by Crippen LogP contribution is -2.30. The number of benzene rings is 1. The number of hydrogen-bond acceptors (Lipinski definition) is 3. The van der Waals surface area contributed by atoms with Crippen molar-refractivity contribution in [2.24, 2.45) is 0 Å². The van der Waals surface area contributed by atoms with Gasteiger partial charge in [0.1, 0.15) is 11.9 Å². The first kappa shape index (κ1) is 14.0. The van der Waals surface area contributed by atoms with Crippen LogP contribution >= 0.6 is 15.9 Å². The maximum atomic E-state index is 13.1. The molecule has 0 aliphatic carbocycles. The summed E-state index contributed by atoms with van der Waals surface area (Å²) < 4.78 is 18.7. The van der Waals surface area contributed by atoms with Gasteiger partial charge in [0.05, 0.1) is 5.69 Å². The Morgan fingerprint density at radius 2 is 2.05 bits per heavy atom. The molecule has 5 nitrogen and oxygen atoms in total. The van der Waals surface area contributed by atoms with Gasteiger partial charge in [0.25, 0.3) is 5.91 Å². The van der Waals surface area contributed by atoms with Crippen LogP contribution in [0.4, 0.5) is 10.1 Å². The van der Waals surface area contributed by atoms with Gasteiger partial charge in [0, 0.05) is 4.47 Å². The Hall–Kier alpha value is -1.47. The molecule has 1 aliphatic heterocycles. The first-order valence-corrected chi connectivity index (χ1v) is 6.41. The van der Waals surface area contributed by atoms with Gasteiger partial charge in [0.2, 0.25) is 0 Å². The van der Waals surface area contributed by atoms with Gasteiger partial charge in [0.15, 0.2) is 6.10 Å². The number of ether oxygens (including phenoxy) is 1. The summed E-state index contributed by atoms with van der Waals surface area (Å²) in [5.41, 5.74) is 0.285. The molecule has 0 spiro atoms. The normalized spacial score (nSPS) is 22.2. The smallest absolute Gasteiger partial charge is 0.332 e. The summed E-state index contributed by atoms with van der Waals surface area (Å²) in [6.45, 7) is 0. The molecule has 1 aliphatic rings. The molecule has 1 aromatic carbocycles. The molecule has 1 heterocycles. The zero-order valence-electron chi connectivity index (χ0n) is 9.73. The van der Waals surface area contributed by atoms with Gasteiger partial charge in [-0.2, -0.15) is 0 Å². The van der Waals surface area contributed by atoms with Crippen molar-refractivity contribution in [1.82, 2.24) is 0 Å². The number of carbonyl (C=O) groups is 2. The molecule has 1 amide bonds. The number of rotatable bonds is 3. The van der Waals surface area contributed by atoms with E-state index in [1.807, 2.05) is 0 Å². The number of hydrogen-bond donors (Lipinski definition) is 2. The van der Waals surface area contributed by atoms with Crippen LogP contribution in [0.25, 0.3) is 0 Å². The predicted octanol–water partition coefficient (Wildman–Crippen LogP) is 2.16.